The molecular weight excluding hydrogens is 258 g/mol. The Kier molecular flexibility index (Phi) is 4.14. The summed E-state index contributed by atoms with van der Waals surface area (Å²) in [5.41, 5.74) is 7.74. The summed E-state index contributed by atoms with van der Waals surface area (Å²) in [6.45, 7) is 4.05. The van der Waals surface area contributed by atoms with E-state index in [1.165, 1.54) is 0 Å². The lowest BCUT2D eigenvalue weighted by Gasteiger charge is -2.12. The molecule has 2 aromatic rings. The summed E-state index contributed by atoms with van der Waals surface area (Å²) in [5, 5.41) is 15.3. The van der Waals surface area contributed by atoms with Crippen molar-refractivity contribution in [2.75, 3.05) is 30.0 Å². The molecule has 0 fully saturated rings. The highest BCUT2D eigenvalue weighted by atomic mass is 16.3. The molecule has 8 heteroatoms. The number of hydrogen-bond donors (Lipinski definition) is 4. The lowest BCUT2D eigenvalue weighted by molar-refractivity contribution is 0.208. The Bertz CT molecular complexity index is 614. The molecule has 2 rings (SSSR count). The largest absolute Gasteiger partial charge is 0.392 e. The van der Waals surface area contributed by atoms with Crippen molar-refractivity contribution in [3.63, 3.8) is 0 Å². The van der Waals surface area contributed by atoms with Gasteiger partial charge < -0.3 is 21.5 Å². The van der Waals surface area contributed by atoms with Crippen LogP contribution in [0.15, 0.2) is 0 Å². The van der Waals surface area contributed by atoms with Crippen LogP contribution in [0.2, 0.25) is 0 Å². The maximum absolute atomic E-state index is 9.32. The number of anilines is 3. The molecule has 5 N–H and O–H groups in total. The number of nitrogens with zero attached hydrogens (tertiary/aromatic N) is 4. The molecule has 20 heavy (non-hydrogen) atoms. The lowest BCUT2D eigenvalue weighted by atomic mass is 10.2. The Morgan fingerprint density at radius 1 is 1.20 bits per heavy atom. The molecule has 0 unspecified atom stereocenters. The van der Waals surface area contributed by atoms with Crippen molar-refractivity contribution in [1.82, 2.24) is 19.9 Å². The van der Waals surface area contributed by atoms with Gasteiger partial charge in [-0.25, -0.2) is 15.0 Å². The Labute approximate surface area is 116 Å². The fraction of sp³-hybridized carbons (Fsp3) is 0.500. The van der Waals surface area contributed by atoms with Crippen molar-refractivity contribution in [1.29, 1.82) is 0 Å². The van der Waals surface area contributed by atoms with Crippen molar-refractivity contribution < 1.29 is 5.11 Å². The van der Waals surface area contributed by atoms with E-state index in [-0.39, 0.29) is 5.95 Å². The molecule has 0 aliphatic carbocycles. The van der Waals surface area contributed by atoms with E-state index < -0.39 is 6.10 Å². The molecule has 0 aliphatic rings. The smallest absolute Gasteiger partial charge is 0.223 e. The van der Waals surface area contributed by atoms with E-state index in [4.69, 9.17) is 5.73 Å². The first-order valence-corrected chi connectivity index (χ1v) is 6.49. The molecule has 1 atom stereocenters. The van der Waals surface area contributed by atoms with E-state index in [1.54, 1.807) is 14.0 Å². The maximum atomic E-state index is 9.32. The van der Waals surface area contributed by atoms with Gasteiger partial charge in [-0.1, -0.05) is 6.92 Å². The summed E-state index contributed by atoms with van der Waals surface area (Å²) in [5.74, 6) is 1.19. The molecule has 0 spiro atoms. The molecule has 2 aromatic heterocycles. The van der Waals surface area contributed by atoms with Gasteiger partial charge in [0.2, 0.25) is 11.9 Å². The molecule has 0 bridgehead atoms. The van der Waals surface area contributed by atoms with E-state index in [0.29, 0.717) is 35.8 Å². The number of nitrogens with two attached hydrogens (primary N) is 1. The van der Waals surface area contributed by atoms with Crippen molar-refractivity contribution in [2.24, 2.45) is 0 Å². The highest BCUT2D eigenvalue weighted by Crippen LogP contribution is 2.23. The molecule has 0 saturated heterocycles. The lowest BCUT2D eigenvalue weighted by Crippen LogP contribution is -2.17. The van der Waals surface area contributed by atoms with Gasteiger partial charge in [0.05, 0.1) is 11.8 Å². The summed E-state index contributed by atoms with van der Waals surface area (Å²) in [6, 6.07) is 0. The average Bonchev–Trinajstić information content (AvgIpc) is 2.43. The number of nitrogens with one attached hydrogen (secondary N) is 2. The second-order valence-electron chi connectivity index (χ2n) is 4.46. The predicted molar refractivity (Wildman–Crippen MR) is 78.6 cm³/mol. The zero-order chi connectivity index (χ0) is 14.7. The van der Waals surface area contributed by atoms with Crippen molar-refractivity contribution in [3.8, 4) is 0 Å². The van der Waals surface area contributed by atoms with E-state index in [0.717, 1.165) is 5.69 Å². The molecule has 0 amide bonds. The van der Waals surface area contributed by atoms with Crippen molar-refractivity contribution in [3.05, 3.63) is 5.69 Å². The first kappa shape index (κ1) is 14.2. The Balaban J connectivity index is 2.56. The van der Waals surface area contributed by atoms with Crippen molar-refractivity contribution >= 4 is 28.7 Å². The minimum Gasteiger partial charge on any atom is -0.392 e. The number of hydrogen-bond acceptors (Lipinski definition) is 8. The third-order valence-corrected chi connectivity index (χ3v) is 2.76. The topological polar surface area (TPSA) is 122 Å². The van der Waals surface area contributed by atoms with Gasteiger partial charge in [0, 0.05) is 13.6 Å². The fourth-order valence-corrected chi connectivity index (χ4v) is 1.83. The minimum absolute atomic E-state index is 0.185. The minimum atomic E-state index is -0.481. The van der Waals surface area contributed by atoms with Gasteiger partial charge in [0.1, 0.15) is 11.0 Å². The Hall–Kier alpha value is -2.22. The number of aliphatic hydroxyl groups excluding tert-OH is 1. The van der Waals surface area contributed by atoms with Crippen LogP contribution in [0.3, 0.4) is 0 Å². The van der Waals surface area contributed by atoms with Crippen LogP contribution in [0.1, 0.15) is 19.5 Å². The highest BCUT2D eigenvalue weighted by molar-refractivity contribution is 5.88. The van der Waals surface area contributed by atoms with Crippen LogP contribution in [-0.2, 0) is 6.42 Å². The number of nitrogen functional groups attached to an aromatic ring is 1. The molecule has 0 radical (unpaired) electrons. The molecule has 0 saturated carbocycles. The maximum Gasteiger partial charge on any atom is 0.223 e. The highest BCUT2D eigenvalue weighted by Gasteiger charge is 2.13. The Morgan fingerprint density at radius 3 is 2.55 bits per heavy atom. The Morgan fingerprint density at radius 2 is 1.95 bits per heavy atom. The van der Waals surface area contributed by atoms with Crippen molar-refractivity contribution in [2.45, 2.75) is 26.4 Å². The molecular formula is C12H19N7O. The number of rotatable bonds is 5. The van der Waals surface area contributed by atoms with E-state index in [2.05, 4.69) is 30.6 Å². The zero-order valence-corrected chi connectivity index (χ0v) is 11.8. The monoisotopic (exact) mass is 277 g/mol. The van der Waals surface area contributed by atoms with Gasteiger partial charge >= 0.3 is 0 Å². The van der Waals surface area contributed by atoms with E-state index >= 15 is 0 Å². The van der Waals surface area contributed by atoms with Crippen LogP contribution in [0.4, 0.5) is 17.7 Å². The summed E-state index contributed by atoms with van der Waals surface area (Å²) in [6.07, 6.45) is 0.216. The molecule has 0 aromatic carbocycles. The fourth-order valence-electron chi connectivity index (χ4n) is 1.83. The quantitative estimate of drug-likeness (QED) is 0.619. The summed E-state index contributed by atoms with van der Waals surface area (Å²) >= 11 is 0. The molecule has 2 heterocycles. The van der Waals surface area contributed by atoms with Gasteiger partial charge in [-0.05, 0) is 13.3 Å². The molecule has 8 nitrogen and oxygen atoms in total. The van der Waals surface area contributed by atoms with Crippen LogP contribution < -0.4 is 16.4 Å². The van der Waals surface area contributed by atoms with E-state index in [9.17, 15) is 5.11 Å². The summed E-state index contributed by atoms with van der Waals surface area (Å²) in [7, 11) is 1.75. The normalized spacial score (nSPS) is 12.4. The van der Waals surface area contributed by atoms with Crippen LogP contribution in [0.5, 0.6) is 0 Å². The average molecular weight is 277 g/mol. The number of fused-ring (bicyclic) bond motifs is 1. The second-order valence-corrected chi connectivity index (χ2v) is 4.46. The second kappa shape index (κ2) is 5.83. The van der Waals surface area contributed by atoms with Crippen LogP contribution in [-0.4, -0.2) is 44.7 Å². The zero-order valence-electron chi connectivity index (χ0n) is 11.8. The summed E-state index contributed by atoms with van der Waals surface area (Å²) in [4.78, 5) is 17.1. The van der Waals surface area contributed by atoms with Crippen LogP contribution >= 0.6 is 0 Å². The molecule has 108 valence electrons. The van der Waals surface area contributed by atoms with Gasteiger partial charge in [-0.2, -0.15) is 4.98 Å². The van der Waals surface area contributed by atoms with Gasteiger partial charge in [-0.3, -0.25) is 0 Å². The van der Waals surface area contributed by atoms with E-state index in [1.807, 2.05) is 6.92 Å². The van der Waals surface area contributed by atoms with Crippen LogP contribution in [0, 0.1) is 0 Å². The summed E-state index contributed by atoms with van der Waals surface area (Å²) < 4.78 is 0. The third kappa shape index (κ3) is 2.85. The standard InChI is InChI=1S/C12H19N7O/c1-4-7-8-9(10(14-3)19-11(13)17-8)18-12(16-7)15-5-6(2)20/h6,20H,4-5H2,1-3H3,(H,15,16,18)(H3,13,14,17,19)/t6-/m0/s1. The van der Waals surface area contributed by atoms with Gasteiger partial charge in [0.25, 0.3) is 0 Å². The number of aromatic nitrogens is 4. The van der Waals surface area contributed by atoms with Gasteiger partial charge in [0.15, 0.2) is 5.82 Å². The number of aliphatic hydroxyl groups is 1. The molecule has 0 aliphatic heterocycles. The first-order valence-electron chi connectivity index (χ1n) is 6.49. The predicted octanol–water partition coefficient (Wildman–Crippen LogP) is 0.399. The number of aryl methyl sites for hydroxylation is 1. The first-order chi connectivity index (χ1) is 9.55. The third-order valence-electron chi connectivity index (χ3n) is 2.76. The van der Waals surface area contributed by atoms with Crippen LogP contribution in [0.25, 0.3) is 11.0 Å². The van der Waals surface area contributed by atoms with Gasteiger partial charge in [-0.15, -0.1) is 0 Å². The SMILES string of the molecule is CCc1nc(NC[C@H](C)O)nc2c(NC)nc(N)nc12.